The van der Waals surface area contributed by atoms with Gasteiger partial charge in [-0.1, -0.05) is 24.3 Å². The number of carbonyl (C=O) groups is 1. The average molecular weight is 412 g/mol. The fourth-order valence-corrected chi connectivity index (χ4v) is 3.34. The molecule has 1 amide bonds. The summed E-state index contributed by atoms with van der Waals surface area (Å²) in [6.07, 6.45) is -8.02. The number of aliphatic hydroxyl groups excluding tert-OH is 2. The minimum atomic E-state index is -4.54. The van der Waals surface area contributed by atoms with Crippen molar-refractivity contribution in [2.24, 2.45) is 0 Å². The SMILES string of the molecule is O=C(Nc1ccccc1OCC(F)(F)F)C(O)C(O)c1nc2ccccc2s1. The molecule has 2 atom stereocenters. The molecule has 148 valence electrons. The van der Waals surface area contributed by atoms with Crippen LogP contribution in [-0.2, 0) is 4.79 Å². The highest BCUT2D eigenvalue weighted by Gasteiger charge is 2.30. The Labute approximate surface area is 161 Å². The lowest BCUT2D eigenvalue weighted by molar-refractivity contribution is -0.153. The van der Waals surface area contributed by atoms with Gasteiger partial charge in [0.15, 0.2) is 12.7 Å². The normalized spacial score (nSPS) is 13.9. The second kappa shape index (κ2) is 8.13. The lowest BCUT2D eigenvalue weighted by Crippen LogP contribution is -2.33. The van der Waals surface area contributed by atoms with E-state index in [0.717, 1.165) is 16.0 Å². The summed E-state index contributed by atoms with van der Waals surface area (Å²) >= 11 is 1.12. The summed E-state index contributed by atoms with van der Waals surface area (Å²) in [5.41, 5.74) is 0.548. The van der Waals surface area contributed by atoms with Gasteiger partial charge in [-0.3, -0.25) is 4.79 Å². The van der Waals surface area contributed by atoms with E-state index in [0.29, 0.717) is 5.52 Å². The van der Waals surface area contributed by atoms with Crippen molar-refractivity contribution in [3.63, 3.8) is 0 Å². The molecule has 1 heterocycles. The first-order chi connectivity index (χ1) is 13.2. The highest BCUT2D eigenvalue weighted by Crippen LogP contribution is 2.30. The third-order valence-corrected chi connectivity index (χ3v) is 4.77. The molecule has 0 aliphatic heterocycles. The van der Waals surface area contributed by atoms with Gasteiger partial charge in [0.2, 0.25) is 0 Å². The zero-order valence-corrected chi connectivity index (χ0v) is 15.0. The maximum atomic E-state index is 12.4. The summed E-state index contributed by atoms with van der Waals surface area (Å²) < 4.78 is 42.5. The van der Waals surface area contributed by atoms with E-state index < -0.39 is 30.9 Å². The Kier molecular flexibility index (Phi) is 5.82. The molecule has 0 fully saturated rings. The largest absolute Gasteiger partial charge is 0.482 e. The van der Waals surface area contributed by atoms with Gasteiger partial charge in [0.1, 0.15) is 16.9 Å². The Hall–Kier alpha value is -2.69. The molecule has 28 heavy (non-hydrogen) atoms. The van der Waals surface area contributed by atoms with E-state index in [2.05, 4.69) is 15.0 Å². The number of ether oxygens (including phenoxy) is 1. The molecule has 3 N–H and O–H groups in total. The number of hydrogen-bond acceptors (Lipinski definition) is 6. The second-order valence-electron chi connectivity index (χ2n) is 5.80. The van der Waals surface area contributed by atoms with Gasteiger partial charge in [-0.2, -0.15) is 13.2 Å². The summed E-state index contributed by atoms with van der Waals surface area (Å²) in [5, 5.41) is 22.8. The number of fused-ring (bicyclic) bond motifs is 1. The number of aliphatic hydroxyl groups is 2. The molecular weight excluding hydrogens is 397 g/mol. The van der Waals surface area contributed by atoms with E-state index in [1.807, 2.05) is 0 Å². The molecule has 3 rings (SSSR count). The summed E-state index contributed by atoms with van der Waals surface area (Å²) in [4.78, 5) is 16.4. The van der Waals surface area contributed by atoms with E-state index in [-0.39, 0.29) is 16.4 Å². The van der Waals surface area contributed by atoms with Crippen LogP contribution in [0, 0.1) is 0 Å². The van der Waals surface area contributed by atoms with Crippen LogP contribution in [0.15, 0.2) is 48.5 Å². The Morgan fingerprint density at radius 2 is 1.82 bits per heavy atom. The highest BCUT2D eigenvalue weighted by molar-refractivity contribution is 7.18. The minimum Gasteiger partial charge on any atom is -0.482 e. The van der Waals surface area contributed by atoms with Crippen molar-refractivity contribution in [1.29, 1.82) is 0 Å². The number of benzene rings is 2. The molecule has 0 bridgehead atoms. The number of anilines is 1. The molecule has 2 aromatic carbocycles. The van der Waals surface area contributed by atoms with Crippen molar-refractivity contribution in [2.45, 2.75) is 18.4 Å². The third-order valence-electron chi connectivity index (χ3n) is 3.67. The molecule has 0 saturated carbocycles. The number of carbonyl (C=O) groups excluding carboxylic acids is 1. The monoisotopic (exact) mass is 412 g/mol. The van der Waals surface area contributed by atoms with Crippen molar-refractivity contribution in [3.8, 4) is 5.75 Å². The lowest BCUT2D eigenvalue weighted by Gasteiger charge is -2.17. The van der Waals surface area contributed by atoms with Crippen LogP contribution in [0.5, 0.6) is 5.75 Å². The van der Waals surface area contributed by atoms with Crippen LogP contribution in [0.4, 0.5) is 18.9 Å². The molecule has 2 unspecified atom stereocenters. The molecule has 3 aromatic rings. The van der Waals surface area contributed by atoms with Crippen molar-refractivity contribution in [3.05, 3.63) is 53.5 Å². The van der Waals surface area contributed by atoms with Gasteiger partial charge in [0, 0.05) is 0 Å². The fourth-order valence-electron chi connectivity index (χ4n) is 2.36. The van der Waals surface area contributed by atoms with E-state index in [1.165, 1.54) is 24.3 Å². The van der Waals surface area contributed by atoms with Crippen molar-refractivity contribution < 1.29 is 32.9 Å². The smallest absolute Gasteiger partial charge is 0.422 e. The maximum absolute atomic E-state index is 12.4. The number of aromatic nitrogens is 1. The predicted molar refractivity (Wildman–Crippen MR) is 97.2 cm³/mol. The van der Waals surface area contributed by atoms with Gasteiger partial charge in [-0.05, 0) is 24.3 Å². The molecule has 0 spiro atoms. The third kappa shape index (κ3) is 4.77. The van der Waals surface area contributed by atoms with Crippen LogP contribution in [0.3, 0.4) is 0 Å². The average Bonchev–Trinajstić information content (AvgIpc) is 3.09. The number of nitrogens with one attached hydrogen (secondary N) is 1. The number of amides is 1. The van der Waals surface area contributed by atoms with Gasteiger partial charge >= 0.3 is 6.18 Å². The van der Waals surface area contributed by atoms with E-state index >= 15 is 0 Å². The number of rotatable bonds is 6. The van der Waals surface area contributed by atoms with Crippen LogP contribution in [0.1, 0.15) is 11.1 Å². The Morgan fingerprint density at radius 1 is 1.14 bits per heavy atom. The fraction of sp³-hybridized carbons (Fsp3) is 0.222. The van der Waals surface area contributed by atoms with Crippen LogP contribution in [0.2, 0.25) is 0 Å². The Bertz CT molecular complexity index is 944. The van der Waals surface area contributed by atoms with Gasteiger partial charge in [0.25, 0.3) is 5.91 Å². The zero-order chi connectivity index (χ0) is 20.3. The number of thiazole rings is 1. The predicted octanol–water partition coefficient (Wildman–Crippen LogP) is 3.27. The van der Waals surface area contributed by atoms with E-state index in [9.17, 15) is 28.2 Å². The summed E-state index contributed by atoms with van der Waals surface area (Å²) in [6.45, 7) is -1.53. The van der Waals surface area contributed by atoms with E-state index in [1.54, 1.807) is 24.3 Å². The summed E-state index contributed by atoms with van der Waals surface area (Å²) in [6, 6.07) is 12.5. The quantitative estimate of drug-likeness (QED) is 0.578. The van der Waals surface area contributed by atoms with Crippen LogP contribution in [-0.4, -0.2) is 40.0 Å². The van der Waals surface area contributed by atoms with Crippen LogP contribution < -0.4 is 10.1 Å². The minimum absolute atomic E-state index is 0.0627. The standard InChI is InChI=1S/C18H15F3N2O4S/c19-18(20,21)9-27-12-7-3-1-5-10(12)22-16(26)14(24)15(25)17-23-11-6-2-4-8-13(11)28-17/h1-8,14-15,24-25H,9H2,(H,22,26). The second-order valence-corrected chi connectivity index (χ2v) is 6.86. The Balaban J connectivity index is 1.72. The first-order valence-electron chi connectivity index (χ1n) is 8.05. The number of alkyl halides is 3. The van der Waals surface area contributed by atoms with Gasteiger partial charge in [-0.25, -0.2) is 4.98 Å². The molecule has 0 aliphatic carbocycles. The number of nitrogens with zero attached hydrogens (tertiary/aromatic N) is 1. The number of hydrogen-bond donors (Lipinski definition) is 3. The van der Waals surface area contributed by atoms with Gasteiger partial charge in [0.05, 0.1) is 15.9 Å². The van der Waals surface area contributed by atoms with E-state index in [4.69, 9.17) is 0 Å². The molecule has 1 aromatic heterocycles. The molecule has 0 saturated heterocycles. The maximum Gasteiger partial charge on any atom is 0.422 e. The number of para-hydroxylation sites is 3. The Morgan fingerprint density at radius 3 is 2.54 bits per heavy atom. The van der Waals surface area contributed by atoms with Crippen molar-refractivity contribution in [1.82, 2.24) is 4.98 Å². The van der Waals surface area contributed by atoms with Gasteiger partial charge in [-0.15, -0.1) is 11.3 Å². The number of halogens is 3. The molecule has 6 nitrogen and oxygen atoms in total. The van der Waals surface area contributed by atoms with Crippen molar-refractivity contribution in [2.75, 3.05) is 11.9 Å². The van der Waals surface area contributed by atoms with Gasteiger partial charge < -0.3 is 20.3 Å². The zero-order valence-electron chi connectivity index (χ0n) is 14.2. The first-order valence-corrected chi connectivity index (χ1v) is 8.87. The lowest BCUT2D eigenvalue weighted by atomic mass is 10.2. The molecule has 0 radical (unpaired) electrons. The molecular formula is C18H15F3N2O4S. The van der Waals surface area contributed by atoms with Crippen LogP contribution in [0.25, 0.3) is 10.2 Å². The highest BCUT2D eigenvalue weighted by atomic mass is 32.1. The van der Waals surface area contributed by atoms with Crippen molar-refractivity contribution >= 4 is 33.1 Å². The van der Waals surface area contributed by atoms with Crippen LogP contribution >= 0.6 is 11.3 Å². The first kappa shape index (κ1) is 20.1. The topological polar surface area (TPSA) is 91.7 Å². The molecule has 10 heteroatoms. The molecule has 0 aliphatic rings. The summed E-state index contributed by atoms with van der Waals surface area (Å²) in [7, 11) is 0. The summed E-state index contributed by atoms with van der Waals surface area (Å²) in [5.74, 6) is -1.22.